The Morgan fingerprint density at radius 1 is 1.35 bits per heavy atom. The van der Waals surface area contributed by atoms with E-state index in [9.17, 15) is 9.90 Å². The number of anilines is 1. The van der Waals surface area contributed by atoms with Gasteiger partial charge in [-0.1, -0.05) is 38.1 Å². The van der Waals surface area contributed by atoms with Gasteiger partial charge in [-0.3, -0.25) is 4.79 Å². The fraction of sp³-hybridized carbons (Fsp3) is 0.438. The number of ether oxygens (including phenoxy) is 1. The molecule has 1 aromatic carbocycles. The lowest BCUT2D eigenvalue weighted by molar-refractivity contribution is -0.139. The Hall–Kier alpha value is -1.81. The third-order valence-electron chi connectivity index (χ3n) is 3.02. The van der Waals surface area contributed by atoms with E-state index in [2.05, 4.69) is 10.1 Å². The maximum Gasteiger partial charge on any atom is 0.309 e. The van der Waals surface area contributed by atoms with Gasteiger partial charge in [0.05, 0.1) is 19.6 Å². The van der Waals surface area contributed by atoms with Crippen molar-refractivity contribution in [3.63, 3.8) is 0 Å². The van der Waals surface area contributed by atoms with E-state index < -0.39 is 6.10 Å². The standard InChI is InChI=1S/C16H23NO3/c1-12(2)15(18)11-14(9-10-16(19)20-3)17-13-7-5-4-6-8-13/h4-9,12,15,17-18H,10-11H2,1-3H3/b14-9-. The van der Waals surface area contributed by atoms with Crippen molar-refractivity contribution in [1.82, 2.24) is 0 Å². The Balaban J connectivity index is 2.75. The molecular formula is C16H23NO3. The third-order valence-corrected chi connectivity index (χ3v) is 3.02. The first kappa shape index (κ1) is 16.2. The Kier molecular flexibility index (Phi) is 6.81. The number of hydrogen-bond acceptors (Lipinski definition) is 4. The molecule has 0 bridgehead atoms. The van der Waals surface area contributed by atoms with Crippen LogP contribution in [0.3, 0.4) is 0 Å². The quantitative estimate of drug-likeness (QED) is 0.752. The molecule has 0 heterocycles. The Labute approximate surface area is 120 Å². The van der Waals surface area contributed by atoms with Crippen molar-refractivity contribution >= 4 is 11.7 Å². The Bertz CT molecular complexity index is 440. The minimum atomic E-state index is -0.449. The molecule has 4 heteroatoms. The molecule has 0 fully saturated rings. The van der Waals surface area contributed by atoms with Crippen LogP contribution in [0.5, 0.6) is 0 Å². The smallest absolute Gasteiger partial charge is 0.309 e. The van der Waals surface area contributed by atoms with Gasteiger partial charge in [0, 0.05) is 17.8 Å². The Morgan fingerprint density at radius 2 is 2.00 bits per heavy atom. The van der Waals surface area contributed by atoms with E-state index in [1.165, 1.54) is 7.11 Å². The summed E-state index contributed by atoms with van der Waals surface area (Å²) in [6.07, 6.45) is 1.99. The molecule has 0 aliphatic rings. The zero-order valence-corrected chi connectivity index (χ0v) is 12.3. The van der Waals surface area contributed by atoms with E-state index >= 15 is 0 Å². The van der Waals surface area contributed by atoms with Crippen LogP contribution in [0.15, 0.2) is 42.1 Å². The van der Waals surface area contributed by atoms with Gasteiger partial charge in [-0.2, -0.15) is 0 Å². The fourth-order valence-corrected chi connectivity index (χ4v) is 1.64. The van der Waals surface area contributed by atoms with Gasteiger partial charge < -0.3 is 15.2 Å². The van der Waals surface area contributed by atoms with Gasteiger partial charge in [0.15, 0.2) is 0 Å². The van der Waals surface area contributed by atoms with E-state index in [0.717, 1.165) is 11.4 Å². The maximum absolute atomic E-state index is 11.2. The summed E-state index contributed by atoms with van der Waals surface area (Å²) in [5.74, 6) is -0.134. The van der Waals surface area contributed by atoms with E-state index in [0.29, 0.717) is 6.42 Å². The lowest BCUT2D eigenvalue weighted by Gasteiger charge is -2.18. The van der Waals surface area contributed by atoms with Crippen LogP contribution in [0.4, 0.5) is 5.69 Å². The van der Waals surface area contributed by atoms with Crippen molar-refractivity contribution in [3.05, 3.63) is 42.1 Å². The largest absolute Gasteiger partial charge is 0.469 e. The predicted octanol–water partition coefficient (Wildman–Crippen LogP) is 2.95. The first-order chi connectivity index (χ1) is 9.52. The predicted molar refractivity (Wildman–Crippen MR) is 80.2 cm³/mol. The molecule has 0 aliphatic heterocycles. The zero-order chi connectivity index (χ0) is 15.0. The molecule has 0 amide bonds. The monoisotopic (exact) mass is 277 g/mol. The summed E-state index contributed by atoms with van der Waals surface area (Å²) in [6, 6.07) is 9.67. The molecule has 0 aromatic heterocycles. The van der Waals surface area contributed by atoms with Gasteiger partial charge in [-0.05, 0) is 18.1 Å². The van der Waals surface area contributed by atoms with Crippen molar-refractivity contribution in [2.75, 3.05) is 12.4 Å². The summed E-state index contributed by atoms with van der Waals surface area (Å²) in [4.78, 5) is 11.2. The molecule has 1 unspecified atom stereocenters. The van der Waals surface area contributed by atoms with Crippen molar-refractivity contribution in [1.29, 1.82) is 0 Å². The second-order valence-electron chi connectivity index (χ2n) is 5.02. The van der Waals surface area contributed by atoms with Gasteiger partial charge in [0.2, 0.25) is 0 Å². The van der Waals surface area contributed by atoms with E-state index in [1.54, 1.807) is 6.08 Å². The molecule has 20 heavy (non-hydrogen) atoms. The number of nitrogens with one attached hydrogen (secondary N) is 1. The highest BCUT2D eigenvalue weighted by Crippen LogP contribution is 2.17. The average molecular weight is 277 g/mol. The van der Waals surface area contributed by atoms with Gasteiger partial charge in [-0.25, -0.2) is 0 Å². The molecule has 0 saturated heterocycles. The third kappa shape index (κ3) is 5.89. The summed E-state index contributed by atoms with van der Waals surface area (Å²) in [7, 11) is 1.36. The van der Waals surface area contributed by atoms with Crippen LogP contribution in [0.2, 0.25) is 0 Å². The van der Waals surface area contributed by atoms with Crippen LogP contribution in [0.1, 0.15) is 26.7 Å². The van der Waals surface area contributed by atoms with E-state index in [4.69, 9.17) is 0 Å². The lowest BCUT2D eigenvalue weighted by Crippen LogP contribution is -2.18. The molecule has 4 nitrogen and oxygen atoms in total. The molecule has 0 radical (unpaired) electrons. The number of rotatable bonds is 7. The normalized spacial score (nSPS) is 13.2. The SMILES string of the molecule is COC(=O)C/C=C(/CC(O)C(C)C)Nc1ccccc1. The second kappa shape index (κ2) is 8.38. The topological polar surface area (TPSA) is 58.6 Å². The number of aliphatic hydroxyl groups is 1. The van der Waals surface area contributed by atoms with Crippen LogP contribution in [-0.4, -0.2) is 24.3 Å². The number of methoxy groups -OCH3 is 1. The minimum Gasteiger partial charge on any atom is -0.469 e. The highest BCUT2D eigenvalue weighted by molar-refractivity contribution is 5.71. The van der Waals surface area contributed by atoms with Crippen molar-refractivity contribution < 1.29 is 14.6 Å². The van der Waals surface area contributed by atoms with E-state index in [1.807, 2.05) is 44.2 Å². The van der Waals surface area contributed by atoms with Crippen LogP contribution in [0, 0.1) is 5.92 Å². The molecule has 0 spiro atoms. The fourth-order valence-electron chi connectivity index (χ4n) is 1.64. The van der Waals surface area contributed by atoms with Crippen LogP contribution >= 0.6 is 0 Å². The van der Waals surface area contributed by atoms with Crippen LogP contribution in [0.25, 0.3) is 0 Å². The van der Waals surface area contributed by atoms with Gasteiger partial charge >= 0.3 is 5.97 Å². The molecule has 1 rings (SSSR count). The van der Waals surface area contributed by atoms with Crippen LogP contribution in [-0.2, 0) is 9.53 Å². The summed E-state index contributed by atoms with van der Waals surface area (Å²) < 4.78 is 4.63. The number of esters is 1. The lowest BCUT2D eigenvalue weighted by atomic mass is 10.0. The van der Waals surface area contributed by atoms with Crippen molar-refractivity contribution in [3.8, 4) is 0 Å². The summed E-state index contributed by atoms with van der Waals surface area (Å²) in [6.45, 7) is 3.93. The number of carbonyl (C=O) groups is 1. The van der Waals surface area contributed by atoms with Crippen LogP contribution < -0.4 is 5.32 Å². The molecule has 0 saturated carbocycles. The first-order valence-electron chi connectivity index (χ1n) is 6.79. The molecule has 0 aliphatic carbocycles. The molecule has 2 N–H and O–H groups in total. The minimum absolute atomic E-state index is 0.161. The van der Waals surface area contributed by atoms with Gasteiger partial charge in [0.1, 0.15) is 0 Å². The Morgan fingerprint density at radius 3 is 2.55 bits per heavy atom. The number of benzene rings is 1. The van der Waals surface area contributed by atoms with Gasteiger partial charge in [-0.15, -0.1) is 0 Å². The molecular weight excluding hydrogens is 254 g/mol. The van der Waals surface area contributed by atoms with Gasteiger partial charge in [0.25, 0.3) is 0 Å². The maximum atomic E-state index is 11.2. The zero-order valence-electron chi connectivity index (χ0n) is 12.3. The summed E-state index contributed by atoms with van der Waals surface area (Å²) >= 11 is 0. The number of carbonyl (C=O) groups excluding carboxylic acids is 1. The molecule has 1 atom stereocenters. The number of para-hydroxylation sites is 1. The summed E-state index contributed by atoms with van der Waals surface area (Å²) in [5, 5.41) is 13.2. The number of aliphatic hydroxyl groups excluding tert-OH is 1. The molecule has 110 valence electrons. The summed E-state index contributed by atoms with van der Waals surface area (Å²) in [5.41, 5.74) is 1.75. The highest BCUT2D eigenvalue weighted by atomic mass is 16.5. The first-order valence-corrected chi connectivity index (χ1v) is 6.79. The highest BCUT2D eigenvalue weighted by Gasteiger charge is 2.12. The molecule has 1 aromatic rings. The average Bonchev–Trinajstić information content (AvgIpc) is 2.45. The second-order valence-corrected chi connectivity index (χ2v) is 5.02. The van der Waals surface area contributed by atoms with E-state index in [-0.39, 0.29) is 18.3 Å². The van der Waals surface area contributed by atoms with Crippen molar-refractivity contribution in [2.45, 2.75) is 32.8 Å². The van der Waals surface area contributed by atoms with Crippen molar-refractivity contribution in [2.24, 2.45) is 5.92 Å². The number of hydrogen-bond donors (Lipinski definition) is 2.